The number of anilines is 2. The van der Waals surface area contributed by atoms with Crippen LogP contribution in [-0.2, 0) is 6.54 Å². The van der Waals surface area contributed by atoms with Crippen LogP contribution in [0, 0.1) is 6.92 Å². The Kier molecular flexibility index (Phi) is 3.49. The summed E-state index contributed by atoms with van der Waals surface area (Å²) in [6.07, 6.45) is 3.63. The molecule has 2 aromatic rings. The first-order valence-corrected chi connectivity index (χ1v) is 5.73. The lowest BCUT2D eigenvalue weighted by Gasteiger charge is -2.11. The number of para-hydroxylation sites is 1. The van der Waals surface area contributed by atoms with Gasteiger partial charge in [0.15, 0.2) is 0 Å². The maximum Gasteiger partial charge on any atom is 0.0739 e. The molecule has 1 aromatic carbocycles. The molecule has 1 aromatic heterocycles. The van der Waals surface area contributed by atoms with Gasteiger partial charge in [-0.1, -0.05) is 17.7 Å². The SMILES string of the molecule is Cc1cnccc1CNc1cccc(Cl)c1N. The molecule has 0 aliphatic carbocycles. The maximum atomic E-state index is 5.95. The molecule has 0 saturated carbocycles. The third-order valence-corrected chi connectivity index (χ3v) is 2.99. The number of hydrogen-bond acceptors (Lipinski definition) is 3. The molecule has 1 heterocycles. The van der Waals surface area contributed by atoms with Crippen molar-refractivity contribution in [2.75, 3.05) is 11.1 Å². The van der Waals surface area contributed by atoms with E-state index in [0.29, 0.717) is 17.3 Å². The van der Waals surface area contributed by atoms with Gasteiger partial charge in [-0.05, 0) is 36.2 Å². The Morgan fingerprint density at radius 1 is 1.35 bits per heavy atom. The minimum atomic E-state index is 0.571. The first-order valence-electron chi connectivity index (χ1n) is 5.36. The maximum absolute atomic E-state index is 5.95. The second kappa shape index (κ2) is 5.06. The number of nitrogens with zero attached hydrogens (tertiary/aromatic N) is 1. The van der Waals surface area contributed by atoms with Crippen molar-refractivity contribution in [3.8, 4) is 0 Å². The summed E-state index contributed by atoms with van der Waals surface area (Å²) >= 11 is 5.95. The minimum absolute atomic E-state index is 0.571. The van der Waals surface area contributed by atoms with E-state index in [1.165, 1.54) is 5.56 Å². The Morgan fingerprint density at radius 3 is 2.94 bits per heavy atom. The quantitative estimate of drug-likeness (QED) is 0.819. The highest BCUT2D eigenvalue weighted by molar-refractivity contribution is 6.33. The Morgan fingerprint density at radius 2 is 2.18 bits per heavy atom. The first-order chi connectivity index (χ1) is 8.18. The van der Waals surface area contributed by atoms with Gasteiger partial charge in [0.25, 0.3) is 0 Å². The predicted octanol–water partition coefficient (Wildman–Crippen LogP) is 3.24. The number of benzene rings is 1. The zero-order valence-corrected chi connectivity index (χ0v) is 10.3. The Labute approximate surface area is 106 Å². The monoisotopic (exact) mass is 247 g/mol. The first kappa shape index (κ1) is 11.7. The van der Waals surface area contributed by atoms with Crippen LogP contribution in [0.4, 0.5) is 11.4 Å². The number of pyridine rings is 1. The van der Waals surface area contributed by atoms with E-state index in [0.717, 1.165) is 11.3 Å². The van der Waals surface area contributed by atoms with Crippen molar-refractivity contribution in [3.05, 3.63) is 52.8 Å². The van der Waals surface area contributed by atoms with Crippen LogP contribution in [0.15, 0.2) is 36.7 Å². The molecular weight excluding hydrogens is 234 g/mol. The van der Waals surface area contributed by atoms with Crippen molar-refractivity contribution in [3.63, 3.8) is 0 Å². The van der Waals surface area contributed by atoms with Crippen molar-refractivity contribution in [2.24, 2.45) is 0 Å². The van der Waals surface area contributed by atoms with Crippen LogP contribution in [0.2, 0.25) is 5.02 Å². The minimum Gasteiger partial charge on any atom is -0.396 e. The highest BCUT2D eigenvalue weighted by Crippen LogP contribution is 2.27. The average molecular weight is 248 g/mol. The molecule has 2 rings (SSSR count). The lowest BCUT2D eigenvalue weighted by atomic mass is 10.1. The van der Waals surface area contributed by atoms with Gasteiger partial charge < -0.3 is 11.1 Å². The smallest absolute Gasteiger partial charge is 0.0739 e. The Balaban J connectivity index is 2.13. The summed E-state index contributed by atoms with van der Waals surface area (Å²) in [7, 11) is 0. The molecule has 4 heteroatoms. The number of nitrogens with one attached hydrogen (secondary N) is 1. The summed E-state index contributed by atoms with van der Waals surface area (Å²) in [5.41, 5.74) is 9.66. The molecule has 17 heavy (non-hydrogen) atoms. The zero-order chi connectivity index (χ0) is 12.3. The van der Waals surface area contributed by atoms with Gasteiger partial charge in [-0.2, -0.15) is 0 Å². The molecule has 3 N–H and O–H groups in total. The van der Waals surface area contributed by atoms with Crippen LogP contribution in [0.25, 0.3) is 0 Å². The second-order valence-electron chi connectivity index (χ2n) is 3.86. The second-order valence-corrected chi connectivity index (χ2v) is 4.26. The highest BCUT2D eigenvalue weighted by Gasteiger charge is 2.03. The molecule has 0 aliphatic heterocycles. The van der Waals surface area contributed by atoms with Crippen LogP contribution >= 0.6 is 11.6 Å². The number of halogens is 1. The molecule has 0 spiro atoms. The summed E-state index contributed by atoms with van der Waals surface area (Å²) in [5, 5.41) is 3.84. The molecule has 0 fully saturated rings. The Hall–Kier alpha value is -1.74. The summed E-state index contributed by atoms with van der Waals surface area (Å²) in [5.74, 6) is 0. The molecular formula is C13H14ClN3. The topological polar surface area (TPSA) is 50.9 Å². The molecule has 88 valence electrons. The number of hydrogen-bond donors (Lipinski definition) is 2. The van der Waals surface area contributed by atoms with E-state index in [9.17, 15) is 0 Å². The third kappa shape index (κ3) is 2.68. The van der Waals surface area contributed by atoms with Crippen LogP contribution < -0.4 is 11.1 Å². The van der Waals surface area contributed by atoms with Crippen LogP contribution in [0.1, 0.15) is 11.1 Å². The van der Waals surface area contributed by atoms with Crippen LogP contribution in [0.5, 0.6) is 0 Å². The van der Waals surface area contributed by atoms with Gasteiger partial charge in [0.1, 0.15) is 0 Å². The van der Waals surface area contributed by atoms with Gasteiger partial charge in [0.2, 0.25) is 0 Å². The average Bonchev–Trinajstić information content (AvgIpc) is 2.33. The lowest BCUT2D eigenvalue weighted by molar-refractivity contribution is 1.09. The van der Waals surface area contributed by atoms with Gasteiger partial charge in [-0.25, -0.2) is 0 Å². The van der Waals surface area contributed by atoms with Crippen LogP contribution in [0.3, 0.4) is 0 Å². The largest absolute Gasteiger partial charge is 0.396 e. The number of aryl methyl sites for hydroxylation is 1. The van der Waals surface area contributed by atoms with E-state index in [1.807, 2.05) is 31.3 Å². The molecule has 0 unspecified atom stereocenters. The number of rotatable bonds is 3. The van der Waals surface area contributed by atoms with Gasteiger partial charge in [0.05, 0.1) is 16.4 Å². The highest BCUT2D eigenvalue weighted by atomic mass is 35.5. The van der Waals surface area contributed by atoms with Crippen molar-refractivity contribution in [1.82, 2.24) is 4.98 Å². The standard InChI is InChI=1S/C13H14ClN3/c1-9-7-16-6-5-10(9)8-17-12-4-2-3-11(14)13(12)15/h2-7,17H,8,15H2,1H3. The molecule has 0 saturated heterocycles. The molecule has 0 atom stereocenters. The fourth-order valence-corrected chi connectivity index (χ4v) is 1.76. The van der Waals surface area contributed by atoms with Gasteiger partial charge in [-0.3, -0.25) is 4.98 Å². The van der Waals surface area contributed by atoms with Crippen molar-refractivity contribution in [1.29, 1.82) is 0 Å². The fraction of sp³-hybridized carbons (Fsp3) is 0.154. The number of nitrogen functional groups attached to an aromatic ring is 1. The molecule has 0 bridgehead atoms. The zero-order valence-electron chi connectivity index (χ0n) is 9.57. The van der Waals surface area contributed by atoms with E-state index in [4.69, 9.17) is 17.3 Å². The number of nitrogens with two attached hydrogens (primary N) is 1. The summed E-state index contributed by atoms with van der Waals surface area (Å²) in [4.78, 5) is 4.06. The van der Waals surface area contributed by atoms with E-state index >= 15 is 0 Å². The molecule has 0 radical (unpaired) electrons. The van der Waals surface area contributed by atoms with E-state index in [-0.39, 0.29) is 0 Å². The van der Waals surface area contributed by atoms with Crippen molar-refractivity contribution >= 4 is 23.0 Å². The molecule has 0 amide bonds. The fourth-order valence-electron chi connectivity index (χ4n) is 1.58. The van der Waals surface area contributed by atoms with Crippen molar-refractivity contribution in [2.45, 2.75) is 13.5 Å². The van der Waals surface area contributed by atoms with Gasteiger partial charge in [0, 0.05) is 18.9 Å². The molecule has 0 aliphatic rings. The van der Waals surface area contributed by atoms with Gasteiger partial charge >= 0.3 is 0 Å². The predicted molar refractivity (Wildman–Crippen MR) is 72.2 cm³/mol. The third-order valence-electron chi connectivity index (χ3n) is 2.66. The number of aromatic nitrogens is 1. The van der Waals surface area contributed by atoms with Gasteiger partial charge in [-0.15, -0.1) is 0 Å². The van der Waals surface area contributed by atoms with E-state index in [2.05, 4.69) is 10.3 Å². The summed E-state index contributed by atoms with van der Waals surface area (Å²) in [6.45, 7) is 2.74. The van der Waals surface area contributed by atoms with Crippen molar-refractivity contribution < 1.29 is 0 Å². The summed E-state index contributed by atoms with van der Waals surface area (Å²) < 4.78 is 0. The van der Waals surface area contributed by atoms with E-state index in [1.54, 1.807) is 12.3 Å². The normalized spacial score (nSPS) is 10.2. The van der Waals surface area contributed by atoms with E-state index < -0.39 is 0 Å². The summed E-state index contributed by atoms with van der Waals surface area (Å²) in [6, 6.07) is 7.56. The van der Waals surface area contributed by atoms with Crippen LogP contribution in [-0.4, -0.2) is 4.98 Å². The lowest BCUT2D eigenvalue weighted by Crippen LogP contribution is -2.04. The molecule has 3 nitrogen and oxygen atoms in total. The Bertz CT molecular complexity index is 526.